The maximum Gasteiger partial charge on any atom is 2.00 e. The molecule has 0 unspecified atom stereocenters. The Morgan fingerprint density at radius 1 is 0.320 bits per heavy atom. The van der Waals surface area contributed by atoms with E-state index in [2.05, 4.69) is 25.3 Å². The van der Waals surface area contributed by atoms with Crippen LogP contribution in [0.15, 0.2) is 9.79 Å². The van der Waals surface area contributed by atoms with Crippen molar-refractivity contribution in [1.29, 1.82) is 0 Å². The van der Waals surface area contributed by atoms with Crippen LogP contribution in [0, 0.1) is 58.2 Å². The van der Waals surface area contributed by atoms with Crippen LogP contribution in [0.5, 0.6) is 0 Å². The van der Waals surface area contributed by atoms with Crippen molar-refractivity contribution in [3.8, 4) is 0 Å². The summed E-state index contributed by atoms with van der Waals surface area (Å²) in [6, 6.07) is 0. The molecule has 0 aliphatic heterocycles. The Hall–Kier alpha value is -1.16. The van der Waals surface area contributed by atoms with Crippen LogP contribution in [0.3, 0.4) is 0 Å². The van der Waals surface area contributed by atoms with Gasteiger partial charge in [0.1, 0.15) is 23.3 Å². The van der Waals surface area contributed by atoms with E-state index in [1.807, 2.05) is 0 Å². The van der Waals surface area contributed by atoms with Crippen LogP contribution in [-0.2, 0) is 45.7 Å². The number of halogens is 10. The molecule has 13 heteroatoms. The summed E-state index contributed by atoms with van der Waals surface area (Å²) in [6.45, 7) is 0. The third-order valence-electron chi connectivity index (χ3n) is 2.34. The summed E-state index contributed by atoms with van der Waals surface area (Å²) < 4.78 is 122. The summed E-state index contributed by atoms with van der Waals surface area (Å²) in [5.74, 6) is -20.3. The molecule has 0 N–H and O–H groups in total. The van der Waals surface area contributed by atoms with E-state index < -0.39 is 68.0 Å². The van der Waals surface area contributed by atoms with Crippen LogP contribution in [-0.4, -0.2) is 0 Å². The van der Waals surface area contributed by atoms with E-state index in [-0.39, 0.29) is 20.4 Å². The molecular weight excluding hydrogens is 505 g/mol. The first-order chi connectivity index (χ1) is 10.9. The predicted molar refractivity (Wildman–Crippen MR) is 63.7 cm³/mol. The molecule has 0 aliphatic rings. The molecule has 2 aromatic carbocycles. The van der Waals surface area contributed by atoms with Crippen LogP contribution in [0.1, 0.15) is 0 Å². The molecule has 0 aromatic heterocycles. The monoisotopic (exact) mass is 504 g/mol. The SMILES string of the molecule is Fc1c(F)c(F)c([S-])c(F)c1F.Fc1c(F)c(F)c([S-])c(F)c1F.[Pd+2]. The summed E-state index contributed by atoms with van der Waals surface area (Å²) in [5, 5.41) is 0. The average molecular weight is 505 g/mol. The Morgan fingerprint density at radius 3 is 0.600 bits per heavy atom. The minimum atomic E-state index is -2.20. The Balaban J connectivity index is 0.000000443. The van der Waals surface area contributed by atoms with Gasteiger partial charge in [0.15, 0.2) is 34.9 Å². The fourth-order valence-electron chi connectivity index (χ4n) is 1.17. The molecule has 0 atom stereocenters. The smallest absolute Gasteiger partial charge is 0.774 e. The van der Waals surface area contributed by atoms with E-state index in [9.17, 15) is 43.9 Å². The zero-order valence-corrected chi connectivity index (χ0v) is 14.1. The first-order valence-electron chi connectivity index (χ1n) is 5.30. The molecule has 0 saturated carbocycles. The normalized spacial score (nSPS) is 10.0. The second kappa shape index (κ2) is 8.98. The van der Waals surface area contributed by atoms with Crippen molar-refractivity contribution >= 4 is 25.3 Å². The third-order valence-corrected chi connectivity index (χ3v) is 3.06. The molecule has 0 bridgehead atoms. The molecule has 140 valence electrons. The van der Waals surface area contributed by atoms with Gasteiger partial charge in [-0.2, -0.15) is 0 Å². The average Bonchev–Trinajstić information content (AvgIpc) is 2.58. The Bertz CT molecular complexity index is 534. The third kappa shape index (κ3) is 4.52. The minimum absolute atomic E-state index is 0. The van der Waals surface area contributed by atoms with Crippen molar-refractivity contribution in [2.75, 3.05) is 0 Å². The van der Waals surface area contributed by atoms with Crippen LogP contribution in [0.25, 0.3) is 0 Å². The topological polar surface area (TPSA) is 0 Å². The van der Waals surface area contributed by atoms with Gasteiger partial charge in [-0.25, -0.2) is 43.9 Å². The van der Waals surface area contributed by atoms with E-state index in [1.54, 1.807) is 0 Å². The minimum Gasteiger partial charge on any atom is -0.774 e. The number of hydrogen-bond acceptors (Lipinski definition) is 2. The van der Waals surface area contributed by atoms with Crippen LogP contribution in [0.4, 0.5) is 43.9 Å². The van der Waals surface area contributed by atoms with Gasteiger partial charge < -0.3 is 25.3 Å². The molecule has 0 radical (unpaired) electrons. The second-order valence-electron chi connectivity index (χ2n) is 3.80. The van der Waals surface area contributed by atoms with E-state index in [0.717, 1.165) is 0 Å². The molecule has 0 spiro atoms. The Kier molecular flexibility index (Phi) is 8.56. The van der Waals surface area contributed by atoms with Gasteiger partial charge in [-0.1, -0.05) is 9.79 Å². The Morgan fingerprint density at radius 2 is 0.440 bits per heavy atom. The van der Waals surface area contributed by atoms with Crippen molar-refractivity contribution in [1.82, 2.24) is 0 Å². The van der Waals surface area contributed by atoms with E-state index >= 15 is 0 Å². The van der Waals surface area contributed by atoms with Gasteiger partial charge >= 0.3 is 20.4 Å². The number of benzene rings is 2. The van der Waals surface area contributed by atoms with E-state index in [1.165, 1.54) is 0 Å². The maximum absolute atomic E-state index is 12.3. The van der Waals surface area contributed by atoms with Gasteiger partial charge in [-0.05, 0) is 0 Å². The van der Waals surface area contributed by atoms with Gasteiger partial charge in [0.25, 0.3) is 0 Å². The fourth-order valence-corrected chi connectivity index (χ4v) is 1.53. The molecule has 2 rings (SSSR count). The summed E-state index contributed by atoms with van der Waals surface area (Å²) in [7, 11) is 0. The standard InChI is InChI=1S/2C6HF5S.Pd/c2*7-1-2(8)4(10)6(12)5(11)3(1)9;/h2*12H;/q;;+2/p-2. The second-order valence-corrected chi connectivity index (χ2v) is 4.61. The van der Waals surface area contributed by atoms with E-state index in [4.69, 9.17) is 0 Å². The zero-order chi connectivity index (χ0) is 18.9. The molecule has 0 nitrogen and oxygen atoms in total. The van der Waals surface area contributed by atoms with Crippen LogP contribution in [0.2, 0.25) is 0 Å². The summed E-state index contributed by atoms with van der Waals surface area (Å²) in [6.07, 6.45) is 0. The van der Waals surface area contributed by atoms with Crippen molar-refractivity contribution in [3.63, 3.8) is 0 Å². The van der Waals surface area contributed by atoms with Crippen LogP contribution >= 0.6 is 0 Å². The van der Waals surface area contributed by atoms with Gasteiger partial charge in [0.2, 0.25) is 0 Å². The molecule has 0 aliphatic carbocycles. The largest absolute Gasteiger partial charge is 2.00 e. The molecule has 0 saturated heterocycles. The van der Waals surface area contributed by atoms with Crippen LogP contribution < -0.4 is 0 Å². The number of rotatable bonds is 0. The fraction of sp³-hybridized carbons (Fsp3) is 0. The van der Waals surface area contributed by atoms with Gasteiger partial charge in [-0.3, -0.25) is 0 Å². The maximum atomic E-state index is 12.3. The van der Waals surface area contributed by atoms with Crippen molar-refractivity contribution in [2.24, 2.45) is 0 Å². The summed E-state index contributed by atoms with van der Waals surface area (Å²) in [4.78, 5) is -2.57. The van der Waals surface area contributed by atoms with Crippen molar-refractivity contribution in [3.05, 3.63) is 58.2 Å². The first kappa shape index (κ1) is 23.8. The predicted octanol–water partition coefficient (Wildman–Crippen LogP) is 4.57. The molecule has 0 fully saturated rings. The molecule has 0 amide bonds. The van der Waals surface area contributed by atoms with Gasteiger partial charge in [-0.15, -0.1) is 0 Å². The van der Waals surface area contributed by atoms with Gasteiger partial charge in [0, 0.05) is 0 Å². The zero-order valence-electron chi connectivity index (χ0n) is 10.9. The van der Waals surface area contributed by atoms with E-state index in [0.29, 0.717) is 0 Å². The summed E-state index contributed by atoms with van der Waals surface area (Å²) in [5.41, 5.74) is 0. The van der Waals surface area contributed by atoms with Crippen molar-refractivity contribution in [2.45, 2.75) is 9.79 Å². The Labute approximate surface area is 157 Å². The van der Waals surface area contributed by atoms with Gasteiger partial charge in [0.05, 0.1) is 0 Å². The molecule has 25 heavy (non-hydrogen) atoms. The molecular formula is C12F10PdS2. The first-order valence-corrected chi connectivity index (χ1v) is 6.11. The number of hydrogen-bond donors (Lipinski definition) is 0. The molecule has 0 heterocycles. The molecule has 2 aromatic rings. The summed E-state index contributed by atoms with van der Waals surface area (Å²) >= 11 is 7.86. The van der Waals surface area contributed by atoms with Crippen molar-refractivity contribution < 1.29 is 64.3 Å². The quantitative estimate of drug-likeness (QED) is 0.170.